The molecule has 0 saturated heterocycles. The van der Waals surface area contributed by atoms with E-state index in [0.29, 0.717) is 12.3 Å². The van der Waals surface area contributed by atoms with Gasteiger partial charge in [0.2, 0.25) is 0 Å². The van der Waals surface area contributed by atoms with E-state index in [1.807, 2.05) is 49.4 Å². The number of nitrogens with one attached hydrogen (secondary N) is 1. The van der Waals surface area contributed by atoms with Gasteiger partial charge in [-0.05, 0) is 24.6 Å². The zero-order valence-electron chi connectivity index (χ0n) is 17.8. The zero-order chi connectivity index (χ0) is 22.2. The maximum atomic E-state index is 12.7. The van der Waals surface area contributed by atoms with Gasteiger partial charge in [-0.1, -0.05) is 37.3 Å². The number of rotatable bonds is 10. The van der Waals surface area contributed by atoms with Crippen LogP contribution in [0.4, 0.5) is 0 Å². The maximum absolute atomic E-state index is 12.7. The summed E-state index contributed by atoms with van der Waals surface area (Å²) >= 11 is 0. The Labute approximate surface area is 180 Å². The number of benzene rings is 2. The molecular weight excluding hydrogens is 398 g/mol. The lowest BCUT2D eigenvalue weighted by Gasteiger charge is -2.10. The molecule has 8 heteroatoms. The molecule has 0 spiro atoms. The third-order valence-corrected chi connectivity index (χ3v) is 4.94. The number of aromatic nitrogens is 2. The highest BCUT2D eigenvalue weighted by Crippen LogP contribution is 2.16. The molecular formula is C23H27N3O5. The van der Waals surface area contributed by atoms with Crippen molar-refractivity contribution >= 4 is 22.9 Å². The number of aryl methyl sites for hydroxylation is 2. The Morgan fingerprint density at radius 2 is 1.61 bits per heavy atom. The summed E-state index contributed by atoms with van der Waals surface area (Å²) in [7, 11) is 1.56. The number of ether oxygens (including phenoxy) is 2. The van der Waals surface area contributed by atoms with E-state index < -0.39 is 11.9 Å². The molecule has 1 N–H and O–H groups in total. The number of methoxy groups -OCH3 is 1. The van der Waals surface area contributed by atoms with E-state index in [1.165, 1.54) is 0 Å². The second-order valence-electron chi connectivity index (χ2n) is 7.07. The number of nitrogens with zero attached hydrogens (tertiary/aromatic N) is 2. The summed E-state index contributed by atoms with van der Waals surface area (Å²) in [5.74, 6) is -0.268. The molecule has 1 amide bonds. The molecule has 0 aliphatic rings. The van der Waals surface area contributed by atoms with Crippen LogP contribution < -0.4 is 15.7 Å². The molecule has 3 aromatic rings. The highest BCUT2D eigenvalue weighted by Gasteiger charge is 2.14. The summed E-state index contributed by atoms with van der Waals surface area (Å²) in [6.45, 7) is 2.71. The molecule has 31 heavy (non-hydrogen) atoms. The van der Waals surface area contributed by atoms with Crippen molar-refractivity contribution in [2.45, 2.75) is 39.4 Å². The van der Waals surface area contributed by atoms with Crippen LogP contribution in [-0.2, 0) is 34.0 Å². The predicted molar refractivity (Wildman–Crippen MR) is 117 cm³/mol. The van der Waals surface area contributed by atoms with Crippen molar-refractivity contribution in [3.63, 3.8) is 0 Å². The molecule has 2 aromatic carbocycles. The molecule has 3 rings (SSSR count). The van der Waals surface area contributed by atoms with Crippen molar-refractivity contribution in [1.29, 1.82) is 0 Å². The first-order valence-corrected chi connectivity index (χ1v) is 10.3. The van der Waals surface area contributed by atoms with Gasteiger partial charge < -0.3 is 14.8 Å². The molecule has 1 aromatic heterocycles. The van der Waals surface area contributed by atoms with Crippen LogP contribution in [0.3, 0.4) is 0 Å². The Hall–Kier alpha value is -3.55. The highest BCUT2D eigenvalue weighted by atomic mass is 16.5. The Kier molecular flexibility index (Phi) is 7.48. The number of para-hydroxylation sites is 3. The van der Waals surface area contributed by atoms with E-state index in [4.69, 9.17) is 9.47 Å². The van der Waals surface area contributed by atoms with Crippen molar-refractivity contribution in [3.8, 4) is 5.75 Å². The van der Waals surface area contributed by atoms with Crippen molar-refractivity contribution < 1.29 is 19.1 Å². The van der Waals surface area contributed by atoms with Gasteiger partial charge in [0, 0.05) is 25.2 Å². The van der Waals surface area contributed by atoms with Crippen molar-refractivity contribution in [1.82, 2.24) is 14.5 Å². The molecule has 0 aliphatic carbocycles. The van der Waals surface area contributed by atoms with E-state index in [9.17, 15) is 14.4 Å². The Morgan fingerprint density at radius 3 is 2.29 bits per heavy atom. The molecule has 1 heterocycles. The average molecular weight is 425 g/mol. The number of esters is 1. The molecule has 0 aliphatic heterocycles. The minimum Gasteiger partial charge on any atom is -0.496 e. The largest absolute Gasteiger partial charge is 0.496 e. The third-order valence-electron chi connectivity index (χ3n) is 4.94. The number of carbonyl (C=O) groups excluding carboxylic acids is 2. The highest BCUT2D eigenvalue weighted by molar-refractivity contribution is 5.80. The molecule has 0 unspecified atom stereocenters. The van der Waals surface area contributed by atoms with Gasteiger partial charge >= 0.3 is 11.7 Å². The lowest BCUT2D eigenvalue weighted by atomic mass is 10.2. The second kappa shape index (κ2) is 10.5. The number of carbonyl (C=O) groups is 2. The van der Waals surface area contributed by atoms with Gasteiger partial charge in [-0.2, -0.15) is 0 Å². The zero-order valence-corrected chi connectivity index (χ0v) is 17.8. The minimum atomic E-state index is -0.535. The van der Waals surface area contributed by atoms with E-state index in [1.54, 1.807) is 22.3 Å². The van der Waals surface area contributed by atoms with E-state index in [0.717, 1.165) is 23.0 Å². The van der Waals surface area contributed by atoms with Gasteiger partial charge in [0.25, 0.3) is 5.91 Å². The molecule has 0 radical (unpaired) electrons. The standard InChI is InChI=1S/C23H27N3O5/c1-3-13-25-18-9-5-6-10-19(18)26(23(25)29)14-12-22(28)31-16-21(27)24-15-17-8-4-7-11-20(17)30-2/h4-11H,3,12-16H2,1-2H3,(H,24,27). The summed E-state index contributed by atoms with van der Waals surface area (Å²) in [6, 6.07) is 14.8. The van der Waals surface area contributed by atoms with E-state index in [2.05, 4.69) is 5.32 Å². The monoisotopic (exact) mass is 425 g/mol. The molecule has 164 valence electrons. The molecule has 0 fully saturated rings. The third kappa shape index (κ3) is 5.33. The first-order valence-electron chi connectivity index (χ1n) is 10.3. The Balaban J connectivity index is 1.52. The summed E-state index contributed by atoms with van der Waals surface area (Å²) in [5.41, 5.74) is 2.31. The van der Waals surface area contributed by atoms with Gasteiger partial charge in [-0.3, -0.25) is 18.7 Å². The van der Waals surface area contributed by atoms with E-state index in [-0.39, 0.29) is 31.8 Å². The topological polar surface area (TPSA) is 91.6 Å². The lowest BCUT2D eigenvalue weighted by Crippen LogP contribution is -2.29. The Morgan fingerprint density at radius 1 is 0.968 bits per heavy atom. The van der Waals surface area contributed by atoms with Crippen LogP contribution in [0.25, 0.3) is 11.0 Å². The SMILES string of the molecule is CCCn1c(=O)n(CCC(=O)OCC(=O)NCc2ccccc2OC)c2ccccc21. The van der Waals surface area contributed by atoms with Crippen LogP contribution >= 0.6 is 0 Å². The number of imidazole rings is 1. The molecule has 0 bridgehead atoms. The number of hydrogen-bond acceptors (Lipinski definition) is 5. The van der Waals surface area contributed by atoms with Gasteiger partial charge in [0.15, 0.2) is 6.61 Å². The normalized spacial score (nSPS) is 10.8. The first-order chi connectivity index (χ1) is 15.0. The van der Waals surface area contributed by atoms with Gasteiger partial charge in [0.1, 0.15) is 5.75 Å². The van der Waals surface area contributed by atoms with Gasteiger partial charge in [-0.15, -0.1) is 0 Å². The first kappa shape index (κ1) is 22.1. The quantitative estimate of drug-likeness (QED) is 0.504. The maximum Gasteiger partial charge on any atom is 0.329 e. The summed E-state index contributed by atoms with van der Waals surface area (Å²) in [5, 5.41) is 2.70. The average Bonchev–Trinajstić information content (AvgIpc) is 3.06. The Bertz CT molecular complexity index is 1120. The smallest absolute Gasteiger partial charge is 0.329 e. The van der Waals surface area contributed by atoms with Crippen LogP contribution in [0.15, 0.2) is 53.3 Å². The minimum absolute atomic E-state index is 0.000171. The summed E-state index contributed by atoms with van der Waals surface area (Å²) < 4.78 is 13.6. The molecule has 0 atom stereocenters. The van der Waals surface area contributed by atoms with Crippen LogP contribution in [0, 0.1) is 0 Å². The van der Waals surface area contributed by atoms with Crippen LogP contribution in [0.2, 0.25) is 0 Å². The fraction of sp³-hybridized carbons (Fsp3) is 0.348. The number of hydrogen-bond donors (Lipinski definition) is 1. The van der Waals surface area contributed by atoms with Crippen LogP contribution in [0.1, 0.15) is 25.3 Å². The predicted octanol–water partition coefficient (Wildman–Crippen LogP) is 2.47. The van der Waals surface area contributed by atoms with Crippen LogP contribution in [0.5, 0.6) is 5.75 Å². The number of amides is 1. The van der Waals surface area contributed by atoms with Crippen molar-refractivity contribution in [2.24, 2.45) is 0 Å². The lowest BCUT2D eigenvalue weighted by molar-refractivity contribution is -0.148. The molecule has 8 nitrogen and oxygen atoms in total. The van der Waals surface area contributed by atoms with Crippen LogP contribution in [-0.4, -0.2) is 34.7 Å². The van der Waals surface area contributed by atoms with E-state index >= 15 is 0 Å². The van der Waals surface area contributed by atoms with Crippen molar-refractivity contribution in [3.05, 3.63) is 64.6 Å². The fourth-order valence-corrected chi connectivity index (χ4v) is 3.44. The molecule has 0 saturated carbocycles. The summed E-state index contributed by atoms with van der Waals surface area (Å²) in [4.78, 5) is 36.9. The van der Waals surface area contributed by atoms with Crippen molar-refractivity contribution in [2.75, 3.05) is 13.7 Å². The number of fused-ring (bicyclic) bond motifs is 1. The summed E-state index contributed by atoms with van der Waals surface area (Å²) in [6.07, 6.45) is 0.833. The van der Waals surface area contributed by atoms with Gasteiger partial charge in [0.05, 0.1) is 24.6 Å². The second-order valence-corrected chi connectivity index (χ2v) is 7.07. The van der Waals surface area contributed by atoms with Gasteiger partial charge in [-0.25, -0.2) is 4.79 Å². The fourth-order valence-electron chi connectivity index (χ4n) is 3.44.